The van der Waals surface area contributed by atoms with E-state index in [9.17, 15) is 22.8 Å². The van der Waals surface area contributed by atoms with E-state index in [-0.39, 0.29) is 23.9 Å². The topological polar surface area (TPSA) is 67.4 Å². The average molecular weight is 344 g/mol. The van der Waals surface area contributed by atoms with Crippen LogP contribution in [-0.4, -0.2) is 24.1 Å². The highest BCUT2D eigenvalue weighted by atomic mass is 19.4. The first-order chi connectivity index (χ1) is 11.0. The number of ether oxygens (including phenoxy) is 1. The van der Waals surface area contributed by atoms with E-state index in [1.54, 1.807) is 20.8 Å². The summed E-state index contributed by atoms with van der Waals surface area (Å²) < 4.78 is 43.9. The van der Waals surface area contributed by atoms with Gasteiger partial charge in [-0.2, -0.15) is 13.2 Å². The molecule has 24 heavy (non-hydrogen) atoms. The zero-order valence-corrected chi connectivity index (χ0v) is 13.6. The Bertz CT molecular complexity index is 651. The molecule has 1 fully saturated rings. The van der Waals surface area contributed by atoms with Gasteiger partial charge in [-0.1, -0.05) is 6.07 Å². The Morgan fingerprint density at radius 1 is 1.29 bits per heavy atom. The van der Waals surface area contributed by atoms with Crippen LogP contribution in [0.2, 0.25) is 0 Å². The van der Waals surface area contributed by atoms with Crippen LogP contribution >= 0.6 is 0 Å². The van der Waals surface area contributed by atoms with Crippen LogP contribution in [0.25, 0.3) is 0 Å². The highest BCUT2D eigenvalue weighted by molar-refractivity contribution is 5.87. The molecular formula is C16H19F3N2O3. The van der Waals surface area contributed by atoms with E-state index < -0.39 is 23.4 Å². The van der Waals surface area contributed by atoms with Gasteiger partial charge < -0.3 is 10.1 Å². The maximum Gasteiger partial charge on any atom is 0.416 e. The normalized spacial score (nSPS) is 18.2. The van der Waals surface area contributed by atoms with Gasteiger partial charge in [-0.05, 0) is 38.5 Å². The summed E-state index contributed by atoms with van der Waals surface area (Å²) in [5.74, 6) is -0.479. The van der Waals surface area contributed by atoms with Gasteiger partial charge in [0, 0.05) is 24.6 Å². The summed E-state index contributed by atoms with van der Waals surface area (Å²) in [6.07, 6.45) is -5.22. The molecule has 0 saturated carbocycles. The van der Waals surface area contributed by atoms with Gasteiger partial charge in [-0.3, -0.25) is 10.1 Å². The van der Waals surface area contributed by atoms with Gasteiger partial charge >= 0.3 is 12.3 Å². The van der Waals surface area contributed by atoms with Crippen LogP contribution in [0.1, 0.15) is 44.2 Å². The summed E-state index contributed by atoms with van der Waals surface area (Å²) in [7, 11) is 0. The Labute approximate surface area is 137 Å². The second kappa shape index (κ2) is 6.33. The fourth-order valence-electron chi connectivity index (χ4n) is 2.44. The van der Waals surface area contributed by atoms with Gasteiger partial charge in [0.25, 0.3) is 0 Å². The van der Waals surface area contributed by atoms with E-state index in [1.165, 1.54) is 6.07 Å². The van der Waals surface area contributed by atoms with Crippen molar-refractivity contribution in [2.75, 3.05) is 11.9 Å². The van der Waals surface area contributed by atoms with Crippen molar-refractivity contribution >= 4 is 17.7 Å². The van der Waals surface area contributed by atoms with Crippen LogP contribution in [-0.2, 0) is 15.7 Å². The zero-order valence-electron chi connectivity index (χ0n) is 13.6. The van der Waals surface area contributed by atoms with Crippen LogP contribution in [0.15, 0.2) is 18.2 Å². The molecule has 0 aliphatic carbocycles. The zero-order chi connectivity index (χ0) is 18.1. The Kier molecular flexibility index (Phi) is 4.77. The minimum absolute atomic E-state index is 0.000532. The quantitative estimate of drug-likeness (QED) is 0.860. The second-order valence-electron chi connectivity index (χ2n) is 6.63. The van der Waals surface area contributed by atoms with Crippen molar-refractivity contribution in [1.29, 1.82) is 0 Å². The molecule has 1 atom stereocenters. The number of hydrogen-bond acceptors (Lipinski definition) is 3. The molecule has 2 amide bonds. The molecule has 0 aromatic heterocycles. The molecule has 1 aliphatic rings. The van der Waals surface area contributed by atoms with E-state index in [0.29, 0.717) is 12.1 Å². The summed E-state index contributed by atoms with van der Waals surface area (Å²) >= 11 is 0. The van der Waals surface area contributed by atoms with E-state index in [4.69, 9.17) is 4.74 Å². The molecule has 1 heterocycles. The van der Waals surface area contributed by atoms with Crippen molar-refractivity contribution < 1.29 is 27.5 Å². The molecule has 2 N–H and O–H groups in total. The Morgan fingerprint density at radius 2 is 1.96 bits per heavy atom. The molecule has 1 aromatic rings. The molecule has 5 nitrogen and oxygen atoms in total. The fraction of sp³-hybridized carbons (Fsp3) is 0.500. The number of alkyl halides is 3. The lowest BCUT2D eigenvalue weighted by atomic mass is 9.95. The molecule has 0 bridgehead atoms. The maximum atomic E-state index is 12.9. The van der Waals surface area contributed by atoms with Crippen molar-refractivity contribution in [3.63, 3.8) is 0 Å². The first-order valence-electron chi connectivity index (χ1n) is 7.43. The van der Waals surface area contributed by atoms with Crippen molar-refractivity contribution in [2.45, 2.75) is 44.9 Å². The largest absolute Gasteiger partial charge is 0.444 e. The molecule has 2 rings (SSSR count). The summed E-state index contributed by atoms with van der Waals surface area (Å²) in [6.45, 7) is 5.27. The standard InChI is InChI=1S/C16H19F3N2O3/c1-15(2,3)24-14(23)21-12-7-10(16(17,18)19)4-5-11(12)9-6-13(22)20-8-9/h4-5,7,9H,6,8H2,1-3H3,(H,20,22)(H,21,23). The molecule has 0 spiro atoms. The average Bonchev–Trinajstić information content (AvgIpc) is 2.81. The fourth-order valence-corrected chi connectivity index (χ4v) is 2.44. The molecule has 1 unspecified atom stereocenters. The third kappa shape index (κ3) is 4.62. The Morgan fingerprint density at radius 3 is 2.46 bits per heavy atom. The number of halogens is 3. The smallest absolute Gasteiger partial charge is 0.416 e. The molecule has 0 radical (unpaired) electrons. The molecule has 132 valence electrons. The van der Waals surface area contributed by atoms with E-state index in [1.807, 2.05) is 0 Å². The van der Waals surface area contributed by atoms with Gasteiger partial charge in [0.05, 0.1) is 5.56 Å². The number of carbonyl (C=O) groups excluding carboxylic acids is 2. The molecule has 1 aliphatic heterocycles. The summed E-state index contributed by atoms with van der Waals surface area (Å²) in [4.78, 5) is 23.3. The summed E-state index contributed by atoms with van der Waals surface area (Å²) in [5, 5.41) is 5.00. The van der Waals surface area contributed by atoms with Gasteiger partial charge in [0.1, 0.15) is 5.60 Å². The van der Waals surface area contributed by atoms with Gasteiger partial charge in [-0.15, -0.1) is 0 Å². The third-order valence-electron chi connectivity index (χ3n) is 3.43. The van der Waals surface area contributed by atoms with Crippen molar-refractivity contribution in [3.8, 4) is 0 Å². The number of nitrogens with one attached hydrogen (secondary N) is 2. The second-order valence-corrected chi connectivity index (χ2v) is 6.63. The van der Waals surface area contributed by atoms with E-state index in [2.05, 4.69) is 10.6 Å². The predicted octanol–water partition coefficient (Wildman–Crippen LogP) is 3.66. The Hall–Kier alpha value is -2.25. The van der Waals surface area contributed by atoms with Crippen LogP contribution in [0, 0.1) is 0 Å². The predicted molar refractivity (Wildman–Crippen MR) is 81.7 cm³/mol. The van der Waals surface area contributed by atoms with Crippen LogP contribution < -0.4 is 10.6 Å². The first kappa shape index (κ1) is 18.1. The maximum absolute atomic E-state index is 12.9. The number of amides is 2. The van der Waals surface area contributed by atoms with Gasteiger partial charge in [0.2, 0.25) is 5.91 Å². The van der Waals surface area contributed by atoms with E-state index >= 15 is 0 Å². The third-order valence-corrected chi connectivity index (χ3v) is 3.43. The summed E-state index contributed by atoms with van der Waals surface area (Å²) in [6, 6.07) is 3.10. The molecular weight excluding hydrogens is 325 g/mol. The van der Waals surface area contributed by atoms with Crippen molar-refractivity contribution in [1.82, 2.24) is 5.32 Å². The van der Waals surface area contributed by atoms with Crippen molar-refractivity contribution in [2.24, 2.45) is 0 Å². The highest BCUT2D eigenvalue weighted by Crippen LogP contribution is 2.36. The van der Waals surface area contributed by atoms with Gasteiger partial charge in [-0.25, -0.2) is 4.79 Å². The molecule has 8 heteroatoms. The monoisotopic (exact) mass is 344 g/mol. The highest BCUT2D eigenvalue weighted by Gasteiger charge is 2.33. The van der Waals surface area contributed by atoms with Crippen LogP contribution in [0.3, 0.4) is 0 Å². The molecule has 1 saturated heterocycles. The van der Waals surface area contributed by atoms with Gasteiger partial charge in [0.15, 0.2) is 0 Å². The SMILES string of the molecule is CC(C)(C)OC(=O)Nc1cc(C(F)(F)F)ccc1C1CNC(=O)C1. The lowest BCUT2D eigenvalue weighted by Gasteiger charge is -2.22. The number of hydrogen-bond donors (Lipinski definition) is 2. The number of anilines is 1. The lowest BCUT2D eigenvalue weighted by Crippen LogP contribution is -2.28. The molecule has 1 aromatic carbocycles. The lowest BCUT2D eigenvalue weighted by molar-refractivity contribution is -0.137. The number of carbonyl (C=O) groups is 2. The van der Waals surface area contributed by atoms with Crippen LogP contribution in [0.5, 0.6) is 0 Å². The van der Waals surface area contributed by atoms with Crippen LogP contribution in [0.4, 0.5) is 23.7 Å². The minimum atomic E-state index is -4.54. The van der Waals surface area contributed by atoms with Crippen molar-refractivity contribution in [3.05, 3.63) is 29.3 Å². The minimum Gasteiger partial charge on any atom is -0.444 e. The Balaban J connectivity index is 2.33. The summed E-state index contributed by atoms with van der Waals surface area (Å²) in [5.41, 5.74) is -1.20. The number of rotatable bonds is 2. The van der Waals surface area contributed by atoms with E-state index in [0.717, 1.165) is 12.1 Å². The first-order valence-corrected chi connectivity index (χ1v) is 7.43. The number of benzene rings is 1.